The third kappa shape index (κ3) is 3.08. The molecule has 2 heterocycles. The summed E-state index contributed by atoms with van der Waals surface area (Å²) in [6.45, 7) is 2.44. The van der Waals surface area contributed by atoms with E-state index in [-0.39, 0.29) is 0 Å². The van der Waals surface area contributed by atoms with Crippen molar-refractivity contribution >= 4 is 28.3 Å². The summed E-state index contributed by atoms with van der Waals surface area (Å²) in [6, 6.07) is 5.66. The molecular weight excluding hydrogens is 274 g/mol. The Balaban J connectivity index is 1.69. The number of ether oxygens (including phenoxy) is 1. The van der Waals surface area contributed by atoms with Crippen molar-refractivity contribution in [2.75, 3.05) is 25.1 Å². The van der Waals surface area contributed by atoms with Crippen molar-refractivity contribution < 1.29 is 4.74 Å². The Morgan fingerprint density at radius 3 is 3.10 bits per heavy atom. The van der Waals surface area contributed by atoms with Gasteiger partial charge in [-0.15, -0.1) is 0 Å². The molecule has 104 valence electrons. The quantitative estimate of drug-likeness (QED) is 0.876. The topological polar surface area (TPSA) is 47.0 Å². The van der Waals surface area contributed by atoms with E-state index in [2.05, 4.69) is 21.4 Å². The van der Waals surface area contributed by atoms with Gasteiger partial charge in [0.05, 0.1) is 18.7 Å². The smallest absolute Gasteiger partial charge is 0.137 e. The van der Waals surface area contributed by atoms with Gasteiger partial charge in [-0.1, -0.05) is 23.3 Å². The van der Waals surface area contributed by atoms with E-state index in [1.54, 1.807) is 6.33 Å². The molecule has 5 heteroatoms. The molecule has 20 heavy (non-hydrogen) atoms. The SMILES string of the molecule is Clc1ccc2c(NCCC3=CCOCC3)ncnc2c1. The van der Waals surface area contributed by atoms with E-state index in [0.717, 1.165) is 49.3 Å². The van der Waals surface area contributed by atoms with Gasteiger partial charge in [0, 0.05) is 17.0 Å². The van der Waals surface area contributed by atoms with Crippen LogP contribution in [-0.2, 0) is 4.74 Å². The number of hydrogen-bond donors (Lipinski definition) is 1. The summed E-state index contributed by atoms with van der Waals surface area (Å²) in [5.74, 6) is 0.860. The van der Waals surface area contributed by atoms with Gasteiger partial charge in [0.25, 0.3) is 0 Å². The summed E-state index contributed by atoms with van der Waals surface area (Å²) in [5.41, 5.74) is 2.31. The summed E-state index contributed by atoms with van der Waals surface area (Å²) in [7, 11) is 0. The van der Waals surface area contributed by atoms with E-state index in [4.69, 9.17) is 16.3 Å². The molecule has 3 rings (SSSR count). The van der Waals surface area contributed by atoms with Crippen LogP contribution in [0.1, 0.15) is 12.8 Å². The van der Waals surface area contributed by atoms with Crippen molar-refractivity contribution in [3.05, 3.63) is 41.2 Å². The van der Waals surface area contributed by atoms with Gasteiger partial charge in [0.1, 0.15) is 12.1 Å². The van der Waals surface area contributed by atoms with Crippen LogP contribution in [0.4, 0.5) is 5.82 Å². The number of aromatic nitrogens is 2. The summed E-state index contributed by atoms with van der Waals surface area (Å²) in [6.07, 6.45) is 5.78. The van der Waals surface area contributed by atoms with Crippen molar-refractivity contribution in [2.45, 2.75) is 12.8 Å². The lowest BCUT2D eigenvalue weighted by Crippen LogP contribution is -2.09. The Hall–Kier alpha value is -1.65. The third-order valence-corrected chi connectivity index (χ3v) is 3.63. The highest BCUT2D eigenvalue weighted by Gasteiger charge is 2.06. The highest BCUT2D eigenvalue weighted by Crippen LogP contribution is 2.22. The fraction of sp³-hybridized carbons (Fsp3) is 0.333. The number of fused-ring (bicyclic) bond motifs is 1. The summed E-state index contributed by atoms with van der Waals surface area (Å²) >= 11 is 5.98. The summed E-state index contributed by atoms with van der Waals surface area (Å²) in [4.78, 5) is 8.55. The molecule has 1 aliphatic rings. The Morgan fingerprint density at radius 1 is 1.30 bits per heavy atom. The number of nitrogens with zero attached hydrogens (tertiary/aromatic N) is 2. The molecule has 0 saturated heterocycles. The minimum absolute atomic E-state index is 0.689. The number of nitrogens with one attached hydrogen (secondary N) is 1. The van der Waals surface area contributed by atoms with Gasteiger partial charge in [-0.2, -0.15) is 0 Å². The monoisotopic (exact) mass is 289 g/mol. The van der Waals surface area contributed by atoms with E-state index in [1.807, 2.05) is 18.2 Å². The van der Waals surface area contributed by atoms with Crippen LogP contribution in [0.3, 0.4) is 0 Å². The molecule has 1 aliphatic heterocycles. The van der Waals surface area contributed by atoms with Crippen LogP contribution >= 0.6 is 11.6 Å². The second-order valence-electron chi connectivity index (χ2n) is 4.75. The molecule has 0 radical (unpaired) electrons. The molecule has 0 amide bonds. The van der Waals surface area contributed by atoms with Gasteiger partial charge in [-0.25, -0.2) is 9.97 Å². The van der Waals surface area contributed by atoms with Crippen LogP contribution in [0.5, 0.6) is 0 Å². The predicted molar refractivity (Wildman–Crippen MR) is 81.2 cm³/mol. The largest absolute Gasteiger partial charge is 0.377 e. The number of rotatable bonds is 4. The molecule has 1 N–H and O–H groups in total. The van der Waals surface area contributed by atoms with Gasteiger partial charge in [0.2, 0.25) is 0 Å². The van der Waals surface area contributed by atoms with Gasteiger partial charge >= 0.3 is 0 Å². The van der Waals surface area contributed by atoms with Gasteiger partial charge in [-0.3, -0.25) is 0 Å². The zero-order chi connectivity index (χ0) is 13.8. The average Bonchev–Trinajstić information content (AvgIpc) is 2.48. The van der Waals surface area contributed by atoms with Crippen LogP contribution in [0.25, 0.3) is 10.9 Å². The molecule has 0 bridgehead atoms. The normalized spacial score (nSPS) is 15.2. The number of hydrogen-bond acceptors (Lipinski definition) is 4. The van der Waals surface area contributed by atoms with Crippen LogP contribution in [0.2, 0.25) is 5.02 Å². The highest BCUT2D eigenvalue weighted by molar-refractivity contribution is 6.31. The first-order chi connectivity index (χ1) is 9.83. The maximum atomic E-state index is 5.98. The van der Waals surface area contributed by atoms with Crippen molar-refractivity contribution in [2.24, 2.45) is 0 Å². The van der Waals surface area contributed by atoms with Gasteiger partial charge < -0.3 is 10.1 Å². The third-order valence-electron chi connectivity index (χ3n) is 3.39. The maximum Gasteiger partial charge on any atom is 0.137 e. The van der Waals surface area contributed by atoms with E-state index >= 15 is 0 Å². The standard InChI is InChI=1S/C15H16ClN3O/c16-12-1-2-13-14(9-12)18-10-19-15(13)17-6-3-11-4-7-20-8-5-11/h1-2,4,9-10H,3,5-8H2,(H,17,18,19). The van der Waals surface area contributed by atoms with E-state index in [1.165, 1.54) is 5.57 Å². The Bertz CT molecular complexity index is 642. The zero-order valence-electron chi connectivity index (χ0n) is 11.1. The molecule has 0 spiro atoms. The van der Waals surface area contributed by atoms with E-state index in [9.17, 15) is 0 Å². The first-order valence-corrected chi connectivity index (χ1v) is 7.10. The maximum absolute atomic E-state index is 5.98. The van der Waals surface area contributed by atoms with Crippen LogP contribution in [0.15, 0.2) is 36.2 Å². The summed E-state index contributed by atoms with van der Waals surface area (Å²) in [5, 5.41) is 5.07. The lowest BCUT2D eigenvalue weighted by atomic mass is 10.1. The Kier molecular flexibility index (Phi) is 4.14. The molecule has 0 aliphatic carbocycles. The molecular formula is C15H16ClN3O. The minimum atomic E-state index is 0.689. The highest BCUT2D eigenvalue weighted by atomic mass is 35.5. The molecule has 0 fully saturated rings. The predicted octanol–water partition coefficient (Wildman–Crippen LogP) is 3.43. The van der Waals surface area contributed by atoms with Crippen LogP contribution < -0.4 is 5.32 Å². The minimum Gasteiger partial charge on any atom is -0.377 e. The van der Waals surface area contributed by atoms with Crippen LogP contribution in [-0.4, -0.2) is 29.7 Å². The van der Waals surface area contributed by atoms with Crippen molar-refractivity contribution in [3.8, 4) is 0 Å². The molecule has 0 atom stereocenters. The van der Waals surface area contributed by atoms with Crippen molar-refractivity contribution in [1.29, 1.82) is 0 Å². The molecule has 1 aromatic heterocycles. The molecule has 0 unspecified atom stereocenters. The first kappa shape index (κ1) is 13.3. The Morgan fingerprint density at radius 2 is 2.25 bits per heavy atom. The number of anilines is 1. The fourth-order valence-corrected chi connectivity index (χ4v) is 2.47. The molecule has 2 aromatic rings. The molecule has 4 nitrogen and oxygen atoms in total. The number of benzene rings is 1. The molecule has 1 aromatic carbocycles. The zero-order valence-corrected chi connectivity index (χ0v) is 11.9. The fourth-order valence-electron chi connectivity index (χ4n) is 2.31. The number of halogens is 1. The first-order valence-electron chi connectivity index (χ1n) is 6.73. The van der Waals surface area contributed by atoms with E-state index in [0.29, 0.717) is 5.02 Å². The lowest BCUT2D eigenvalue weighted by molar-refractivity contribution is 0.153. The van der Waals surface area contributed by atoms with Crippen molar-refractivity contribution in [3.63, 3.8) is 0 Å². The van der Waals surface area contributed by atoms with Gasteiger partial charge in [0.15, 0.2) is 0 Å². The lowest BCUT2D eigenvalue weighted by Gasteiger charge is -2.14. The van der Waals surface area contributed by atoms with Crippen LogP contribution in [0, 0.1) is 0 Å². The van der Waals surface area contributed by atoms with E-state index < -0.39 is 0 Å². The second-order valence-corrected chi connectivity index (χ2v) is 5.18. The Labute approximate surface area is 122 Å². The second kappa shape index (κ2) is 6.20. The summed E-state index contributed by atoms with van der Waals surface area (Å²) < 4.78 is 5.30. The average molecular weight is 290 g/mol. The van der Waals surface area contributed by atoms with Gasteiger partial charge in [-0.05, 0) is 31.0 Å². The van der Waals surface area contributed by atoms with Crippen molar-refractivity contribution in [1.82, 2.24) is 9.97 Å². The molecule has 0 saturated carbocycles.